The molecule has 0 aromatic heterocycles. The summed E-state index contributed by atoms with van der Waals surface area (Å²) in [4.78, 5) is 11.1. The molecule has 0 saturated heterocycles. The molecule has 0 aliphatic carbocycles. The largest absolute Gasteiger partial charge is 0.463 e. The minimum absolute atomic E-state index is 0.0453. The van der Waals surface area contributed by atoms with Crippen molar-refractivity contribution in [3.05, 3.63) is 0 Å². The van der Waals surface area contributed by atoms with Crippen LogP contribution in [0.2, 0.25) is 0 Å². The van der Waals surface area contributed by atoms with Crippen LogP contribution in [0, 0.1) is 0 Å². The predicted octanol–water partition coefficient (Wildman–Crippen LogP) is 0.480. The van der Waals surface area contributed by atoms with Crippen LogP contribution in [-0.4, -0.2) is 48.7 Å². The van der Waals surface area contributed by atoms with E-state index in [2.05, 4.69) is 6.92 Å². The van der Waals surface area contributed by atoms with Gasteiger partial charge in [-0.1, -0.05) is 19.8 Å². The highest BCUT2D eigenvalue weighted by molar-refractivity contribution is 5.69. The van der Waals surface area contributed by atoms with Gasteiger partial charge in [0, 0.05) is 6.42 Å². The zero-order valence-electron chi connectivity index (χ0n) is 9.85. The van der Waals surface area contributed by atoms with Crippen molar-refractivity contribution in [3.63, 3.8) is 0 Å². The molecular weight excluding hydrogens is 212 g/mol. The van der Waals surface area contributed by atoms with Gasteiger partial charge in [-0.15, -0.1) is 0 Å². The number of rotatable bonds is 10. The molecule has 5 nitrogen and oxygen atoms in total. The number of esters is 1. The number of hydrogen-bond acceptors (Lipinski definition) is 5. The van der Waals surface area contributed by atoms with Gasteiger partial charge in [0.05, 0.1) is 19.8 Å². The number of aliphatic hydroxyl groups is 2. The maximum atomic E-state index is 11.1. The molecular formula is C11H22O5. The van der Waals surface area contributed by atoms with Gasteiger partial charge in [-0.05, 0) is 6.42 Å². The standard InChI is InChI=1S/C11H22O5/c1-2-3-4-5-11(14)16-9-10(13)8-15-7-6-12/h10,12-13H,2-9H2,1H3. The first-order chi connectivity index (χ1) is 7.70. The van der Waals surface area contributed by atoms with Gasteiger partial charge >= 0.3 is 5.97 Å². The smallest absolute Gasteiger partial charge is 0.305 e. The molecule has 5 heteroatoms. The van der Waals surface area contributed by atoms with E-state index < -0.39 is 6.10 Å². The Kier molecular flexibility index (Phi) is 10.4. The van der Waals surface area contributed by atoms with E-state index in [1.807, 2.05) is 0 Å². The number of ether oxygens (including phenoxy) is 2. The molecule has 0 fully saturated rings. The van der Waals surface area contributed by atoms with E-state index in [-0.39, 0.29) is 32.4 Å². The monoisotopic (exact) mass is 234 g/mol. The fraction of sp³-hybridized carbons (Fsp3) is 0.909. The lowest BCUT2D eigenvalue weighted by Crippen LogP contribution is -2.24. The highest BCUT2D eigenvalue weighted by atomic mass is 16.5. The topological polar surface area (TPSA) is 76.0 Å². The Morgan fingerprint density at radius 2 is 2.06 bits per heavy atom. The van der Waals surface area contributed by atoms with Crippen LogP contribution < -0.4 is 0 Å². The van der Waals surface area contributed by atoms with Crippen molar-refractivity contribution in [2.75, 3.05) is 26.4 Å². The summed E-state index contributed by atoms with van der Waals surface area (Å²) in [6, 6.07) is 0. The van der Waals surface area contributed by atoms with E-state index >= 15 is 0 Å². The Bertz CT molecular complexity index is 172. The lowest BCUT2D eigenvalue weighted by molar-refractivity contribution is -0.148. The van der Waals surface area contributed by atoms with Gasteiger partial charge in [0.1, 0.15) is 12.7 Å². The van der Waals surface area contributed by atoms with E-state index in [4.69, 9.17) is 14.6 Å². The fourth-order valence-electron chi connectivity index (χ4n) is 1.11. The molecule has 0 aromatic carbocycles. The Hall–Kier alpha value is -0.650. The molecule has 0 radical (unpaired) electrons. The van der Waals surface area contributed by atoms with Crippen molar-refractivity contribution in [2.45, 2.75) is 38.7 Å². The van der Waals surface area contributed by atoms with Crippen LogP contribution in [0.15, 0.2) is 0 Å². The van der Waals surface area contributed by atoms with E-state index in [1.54, 1.807) is 0 Å². The summed E-state index contributed by atoms with van der Waals surface area (Å²) in [6.45, 7) is 2.19. The zero-order chi connectivity index (χ0) is 12.2. The Balaban J connectivity index is 3.36. The van der Waals surface area contributed by atoms with Gasteiger partial charge in [0.15, 0.2) is 0 Å². The number of aliphatic hydroxyl groups excluding tert-OH is 2. The summed E-state index contributed by atoms with van der Waals surface area (Å²) in [5, 5.41) is 17.7. The number of carbonyl (C=O) groups excluding carboxylic acids is 1. The van der Waals surface area contributed by atoms with Crippen LogP contribution in [-0.2, 0) is 14.3 Å². The Labute approximate surface area is 96.4 Å². The van der Waals surface area contributed by atoms with Crippen molar-refractivity contribution in [1.29, 1.82) is 0 Å². The van der Waals surface area contributed by atoms with Crippen molar-refractivity contribution in [2.24, 2.45) is 0 Å². The van der Waals surface area contributed by atoms with Crippen LogP contribution in [0.1, 0.15) is 32.6 Å². The molecule has 0 aliphatic rings. The molecule has 1 atom stereocenters. The molecule has 0 bridgehead atoms. The predicted molar refractivity (Wildman–Crippen MR) is 59.0 cm³/mol. The van der Waals surface area contributed by atoms with Crippen LogP contribution in [0.3, 0.4) is 0 Å². The molecule has 96 valence electrons. The second-order valence-electron chi connectivity index (χ2n) is 3.59. The van der Waals surface area contributed by atoms with Crippen molar-refractivity contribution in [1.82, 2.24) is 0 Å². The molecule has 0 rings (SSSR count). The molecule has 2 N–H and O–H groups in total. The van der Waals surface area contributed by atoms with Crippen molar-refractivity contribution < 1.29 is 24.5 Å². The average Bonchev–Trinajstić information content (AvgIpc) is 2.27. The SMILES string of the molecule is CCCCCC(=O)OCC(O)COCCO. The molecule has 0 saturated carbocycles. The van der Waals surface area contributed by atoms with E-state index in [9.17, 15) is 9.90 Å². The fourth-order valence-corrected chi connectivity index (χ4v) is 1.11. The van der Waals surface area contributed by atoms with Gasteiger partial charge in [-0.3, -0.25) is 4.79 Å². The lowest BCUT2D eigenvalue weighted by atomic mass is 10.2. The zero-order valence-corrected chi connectivity index (χ0v) is 9.85. The lowest BCUT2D eigenvalue weighted by Gasteiger charge is -2.11. The molecule has 0 spiro atoms. The van der Waals surface area contributed by atoms with Gasteiger partial charge in [-0.25, -0.2) is 0 Å². The van der Waals surface area contributed by atoms with Gasteiger partial charge in [0.2, 0.25) is 0 Å². The first kappa shape index (κ1) is 15.3. The molecule has 0 aromatic rings. The number of hydrogen-bond donors (Lipinski definition) is 2. The molecule has 1 unspecified atom stereocenters. The summed E-state index contributed by atoms with van der Waals surface area (Å²) in [5.74, 6) is -0.283. The maximum absolute atomic E-state index is 11.1. The highest BCUT2D eigenvalue weighted by Crippen LogP contribution is 2.01. The van der Waals surface area contributed by atoms with Gasteiger partial charge in [-0.2, -0.15) is 0 Å². The third kappa shape index (κ3) is 9.89. The average molecular weight is 234 g/mol. The Morgan fingerprint density at radius 3 is 2.69 bits per heavy atom. The van der Waals surface area contributed by atoms with E-state index in [0.29, 0.717) is 6.42 Å². The van der Waals surface area contributed by atoms with Gasteiger partial charge in [0.25, 0.3) is 0 Å². The summed E-state index contributed by atoms with van der Waals surface area (Å²) < 4.78 is 9.73. The minimum atomic E-state index is -0.818. The van der Waals surface area contributed by atoms with Crippen LogP contribution in [0.5, 0.6) is 0 Å². The molecule has 0 heterocycles. The molecule has 16 heavy (non-hydrogen) atoms. The minimum Gasteiger partial charge on any atom is -0.463 e. The molecule has 0 amide bonds. The van der Waals surface area contributed by atoms with E-state index in [0.717, 1.165) is 19.3 Å². The van der Waals surface area contributed by atoms with Crippen LogP contribution in [0.4, 0.5) is 0 Å². The normalized spacial score (nSPS) is 12.4. The Morgan fingerprint density at radius 1 is 1.31 bits per heavy atom. The van der Waals surface area contributed by atoms with Crippen molar-refractivity contribution >= 4 is 5.97 Å². The summed E-state index contributed by atoms with van der Waals surface area (Å²) in [5.41, 5.74) is 0. The summed E-state index contributed by atoms with van der Waals surface area (Å²) in [7, 11) is 0. The first-order valence-corrected chi connectivity index (χ1v) is 5.73. The summed E-state index contributed by atoms with van der Waals surface area (Å²) in [6.07, 6.45) is 2.48. The van der Waals surface area contributed by atoms with Crippen LogP contribution in [0.25, 0.3) is 0 Å². The third-order valence-electron chi connectivity index (χ3n) is 1.97. The first-order valence-electron chi connectivity index (χ1n) is 5.73. The second-order valence-corrected chi connectivity index (χ2v) is 3.59. The quantitative estimate of drug-likeness (QED) is 0.425. The van der Waals surface area contributed by atoms with Crippen LogP contribution >= 0.6 is 0 Å². The van der Waals surface area contributed by atoms with Crippen molar-refractivity contribution in [3.8, 4) is 0 Å². The number of carbonyl (C=O) groups is 1. The second kappa shape index (κ2) is 10.9. The van der Waals surface area contributed by atoms with E-state index in [1.165, 1.54) is 0 Å². The number of unbranched alkanes of at least 4 members (excludes halogenated alkanes) is 2. The third-order valence-corrected chi connectivity index (χ3v) is 1.97. The molecule has 0 aliphatic heterocycles. The maximum Gasteiger partial charge on any atom is 0.305 e. The summed E-state index contributed by atoms with van der Waals surface area (Å²) >= 11 is 0. The van der Waals surface area contributed by atoms with Gasteiger partial charge < -0.3 is 19.7 Å². The highest BCUT2D eigenvalue weighted by Gasteiger charge is 2.08.